The monoisotopic (exact) mass is 365 g/mol. The van der Waals surface area contributed by atoms with Gasteiger partial charge in [0, 0.05) is 31.1 Å². The lowest BCUT2D eigenvalue weighted by Gasteiger charge is -2.07. The second kappa shape index (κ2) is 7.65. The number of nitrogens with one attached hydrogen (secondary N) is 1. The molecule has 0 atom stereocenters. The Kier molecular flexibility index (Phi) is 5.12. The van der Waals surface area contributed by atoms with E-state index in [4.69, 9.17) is 0 Å². The molecule has 6 nitrogen and oxygen atoms in total. The third-order valence-electron chi connectivity index (χ3n) is 3.85. The number of phenolic OH excluding ortho intramolecular Hbond substituents is 1. The third kappa shape index (κ3) is 4.27. The normalized spacial score (nSPS) is 10.9. The fourth-order valence-corrected chi connectivity index (χ4v) is 2.40. The first-order chi connectivity index (χ1) is 12.9. The van der Waals surface area contributed by atoms with Gasteiger partial charge < -0.3 is 15.0 Å². The number of aromatic nitrogens is 2. The minimum absolute atomic E-state index is 0.117. The summed E-state index contributed by atoms with van der Waals surface area (Å²) in [5.41, 5.74) is 1.20. The first-order valence-corrected chi connectivity index (χ1v) is 8.04. The number of aryl methyl sites for hydroxylation is 1. The highest BCUT2D eigenvalue weighted by Gasteiger charge is 2.10. The van der Waals surface area contributed by atoms with Gasteiger partial charge in [-0.05, 0) is 35.9 Å². The number of phenols is 1. The molecule has 0 aliphatic heterocycles. The molecule has 3 aromatic rings. The summed E-state index contributed by atoms with van der Waals surface area (Å²) >= 11 is 0. The number of imidazole rings is 1. The SMILES string of the molecule is Cn1ccnc1C(=O)/C=C/c1ccc(C(=O)Nc2ccc(F)cc2O)cc1. The van der Waals surface area contributed by atoms with Crippen LogP contribution in [0.1, 0.15) is 26.5 Å². The number of anilines is 1. The molecule has 2 aromatic carbocycles. The average molecular weight is 365 g/mol. The molecule has 0 unspecified atom stereocenters. The minimum Gasteiger partial charge on any atom is -0.506 e. The quantitative estimate of drug-likeness (QED) is 0.412. The molecule has 3 rings (SSSR count). The molecule has 2 N–H and O–H groups in total. The second-order valence-electron chi connectivity index (χ2n) is 5.80. The van der Waals surface area contributed by atoms with Crippen LogP contribution in [0.4, 0.5) is 10.1 Å². The van der Waals surface area contributed by atoms with Crippen LogP contribution in [0.25, 0.3) is 6.08 Å². The van der Waals surface area contributed by atoms with E-state index in [0.717, 1.165) is 17.7 Å². The van der Waals surface area contributed by atoms with Gasteiger partial charge in [0.05, 0.1) is 5.69 Å². The Labute approximate surface area is 154 Å². The highest BCUT2D eigenvalue weighted by atomic mass is 19.1. The number of benzene rings is 2. The summed E-state index contributed by atoms with van der Waals surface area (Å²) in [6.45, 7) is 0. The van der Waals surface area contributed by atoms with Gasteiger partial charge in [0.15, 0.2) is 5.82 Å². The molecule has 0 spiro atoms. The summed E-state index contributed by atoms with van der Waals surface area (Å²) in [6, 6.07) is 9.87. The van der Waals surface area contributed by atoms with E-state index in [1.54, 1.807) is 54.3 Å². The molecule has 0 radical (unpaired) electrons. The van der Waals surface area contributed by atoms with Gasteiger partial charge >= 0.3 is 0 Å². The van der Waals surface area contributed by atoms with Crippen molar-refractivity contribution in [1.29, 1.82) is 0 Å². The Hall–Kier alpha value is -3.74. The standard InChI is InChI=1S/C20H16FN3O3/c1-24-11-10-22-19(24)17(25)9-4-13-2-5-14(6-3-13)20(27)23-16-8-7-15(21)12-18(16)26/h2-12,26H,1H3,(H,23,27)/b9-4+. The number of hydrogen-bond acceptors (Lipinski definition) is 4. The predicted octanol–water partition coefficient (Wildman–Crippen LogP) is 3.41. The van der Waals surface area contributed by atoms with Crippen LogP contribution in [0.3, 0.4) is 0 Å². The molecule has 1 aromatic heterocycles. The number of aromatic hydroxyl groups is 1. The molecular formula is C20H16FN3O3. The molecule has 7 heteroatoms. The van der Waals surface area contributed by atoms with Gasteiger partial charge in [0.25, 0.3) is 5.91 Å². The summed E-state index contributed by atoms with van der Waals surface area (Å²) < 4.78 is 14.6. The lowest BCUT2D eigenvalue weighted by molar-refractivity contribution is 0.102. The summed E-state index contributed by atoms with van der Waals surface area (Å²) in [7, 11) is 1.74. The van der Waals surface area contributed by atoms with Crippen molar-refractivity contribution in [3.63, 3.8) is 0 Å². The molecule has 0 saturated carbocycles. The molecule has 0 bridgehead atoms. The molecule has 1 amide bonds. The smallest absolute Gasteiger partial charge is 0.255 e. The zero-order valence-electron chi connectivity index (χ0n) is 14.4. The third-order valence-corrected chi connectivity index (χ3v) is 3.85. The Bertz CT molecular complexity index is 1020. The van der Waals surface area contributed by atoms with E-state index in [1.165, 1.54) is 12.1 Å². The van der Waals surface area contributed by atoms with Crippen LogP contribution in [-0.2, 0) is 7.05 Å². The lowest BCUT2D eigenvalue weighted by atomic mass is 10.1. The fraction of sp³-hybridized carbons (Fsp3) is 0.0500. The van der Waals surface area contributed by atoms with Gasteiger partial charge in [0.2, 0.25) is 5.78 Å². The van der Waals surface area contributed by atoms with Gasteiger partial charge in [-0.2, -0.15) is 0 Å². The van der Waals surface area contributed by atoms with Gasteiger partial charge in [-0.25, -0.2) is 9.37 Å². The largest absolute Gasteiger partial charge is 0.506 e. The van der Waals surface area contributed by atoms with Crippen LogP contribution in [-0.4, -0.2) is 26.3 Å². The number of ketones is 1. The number of carbonyl (C=O) groups is 2. The first-order valence-electron chi connectivity index (χ1n) is 8.04. The van der Waals surface area contributed by atoms with Gasteiger partial charge in [-0.3, -0.25) is 9.59 Å². The van der Waals surface area contributed by atoms with Gasteiger partial charge in [0.1, 0.15) is 11.6 Å². The van der Waals surface area contributed by atoms with E-state index in [-0.39, 0.29) is 17.2 Å². The summed E-state index contributed by atoms with van der Waals surface area (Å²) in [5, 5.41) is 12.2. The van der Waals surface area contributed by atoms with E-state index in [0.29, 0.717) is 11.4 Å². The van der Waals surface area contributed by atoms with Crippen molar-refractivity contribution in [1.82, 2.24) is 9.55 Å². The molecule has 1 heterocycles. The second-order valence-corrected chi connectivity index (χ2v) is 5.80. The topological polar surface area (TPSA) is 84.2 Å². The Balaban J connectivity index is 1.67. The molecule has 0 fully saturated rings. The van der Waals surface area contributed by atoms with E-state index in [1.807, 2.05) is 0 Å². The molecule has 0 saturated heterocycles. The number of halogens is 1. The van der Waals surface area contributed by atoms with Crippen molar-refractivity contribution < 1.29 is 19.1 Å². The van der Waals surface area contributed by atoms with Crippen LogP contribution in [0.15, 0.2) is 60.9 Å². The Morgan fingerprint density at radius 1 is 1.19 bits per heavy atom. The van der Waals surface area contributed by atoms with Crippen molar-refractivity contribution in [2.75, 3.05) is 5.32 Å². The van der Waals surface area contributed by atoms with Crippen molar-refractivity contribution in [3.8, 4) is 5.75 Å². The maximum atomic E-state index is 13.0. The molecule has 136 valence electrons. The zero-order valence-corrected chi connectivity index (χ0v) is 14.4. The first kappa shape index (κ1) is 18.1. The number of hydrogen-bond donors (Lipinski definition) is 2. The highest BCUT2D eigenvalue weighted by molar-refractivity contribution is 6.06. The number of amides is 1. The average Bonchev–Trinajstić information content (AvgIpc) is 3.08. The summed E-state index contributed by atoms with van der Waals surface area (Å²) in [4.78, 5) is 28.3. The molecule has 27 heavy (non-hydrogen) atoms. The number of nitrogens with zero attached hydrogens (tertiary/aromatic N) is 2. The molecular weight excluding hydrogens is 349 g/mol. The maximum Gasteiger partial charge on any atom is 0.255 e. The van der Waals surface area contributed by atoms with Crippen LogP contribution in [0, 0.1) is 5.82 Å². The van der Waals surface area contributed by atoms with Gasteiger partial charge in [-0.15, -0.1) is 0 Å². The van der Waals surface area contributed by atoms with Crippen LogP contribution >= 0.6 is 0 Å². The van der Waals surface area contributed by atoms with Crippen molar-refractivity contribution in [2.24, 2.45) is 7.05 Å². The highest BCUT2D eigenvalue weighted by Crippen LogP contribution is 2.24. The number of allylic oxidation sites excluding steroid dienone is 1. The number of rotatable bonds is 5. The lowest BCUT2D eigenvalue weighted by Crippen LogP contribution is -2.11. The predicted molar refractivity (Wildman–Crippen MR) is 99.0 cm³/mol. The van der Waals surface area contributed by atoms with E-state index in [9.17, 15) is 19.1 Å². The molecule has 0 aliphatic rings. The van der Waals surface area contributed by atoms with Crippen molar-refractivity contribution >= 4 is 23.5 Å². The van der Waals surface area contributed by atoms with Gasteiger partial charge in [-0.1, -0.05) is 18.2 Å². The van der Waals surface area contributed by atoms with E-state index in [2.05, 4.69) is 10.3 Å². The summed E-state index contributed by atoms with van der Waals surface area (Å²) in [6.07, 6.45) is 6.28. The fourth-order valence-electron chi connectivity index (χ4n) is 2.40. The Morgan fingerprint density at radius 3 is 2.56 bits per heavy atom. The Morgan fingerprint density at radius 2 is 1.93 bits per heavy atom. The van der Waals surface area contributed by atoms with Crippen LogP contribution < -0.4 is 5.32 Å². The van der Waals surface area contributed by atoms with Crippen molar-refractivity contribution in [3.05, 3.63) is 83.7 Å². The zero-order chi connectivity index (χ0) is 19.4. The van der Waals surface area contributed by atoms with Crippen LogP contribution in [0.2, 0.25) is 0 Å². The molecule has 0 aliphatic carbocycles. The summed E-state index contributed by atoms with van der Waals surface area (Å²) in [5.74, 6) is -1.29. The number of carbonyl (C=O) groups excluding carboxylic acids is 2. The minimum atomic E-state index is -0.596. The maximum absolute atomic E-state index is 13.0. The van der Waals surface area contributed by atoms with Crippen molar-refractivity contribution in [2.45, 2.75) is 0 Å². The van der Waals surface area contributed by atoms with E-state index < -0.39 is 11.7 Å². The van der Waals surface area contributed by atoms with E-state index >= 15 is 0 Å². The van der Waals surface area contributed by atoms with Crippen LogP contribution in [0.5, 0.6) is 5.75 Å².